The van der Waals surface area contributed by atoms with Gasteiger partial charge in [-0.25, -0.2) is 23.4 Å². The van der Waals surface area contributed by atoms with Crippen molar-refractivity contribution in [1.82, 2.24) is 29.5 Å². The fraction of sp³-hybridized carbons (Fsp3) is 0.200. The molecule has 29 heavy (non-hydrogen) atoms. The fourth-order valence-electron chi connectivity index (χ4n) is 3.27. The Bertz CT molecular complexity index is 1210. The van der Waals surface area contributed by atoms with Crippen molar-refractivity contribution in [3.05, 3.63) is 76.1 Å². The second kappa shape index (κ2) is 7.36. The van der Waals surface area contributed by atoms with Gasteiger partial charge >= 0.3 is 0 Å². The molecule has 1 aromatic carbocycles. The van der Waals surface area contributed by atoms with Gasteiger partial charge in [0.05, 0.1) is 27.8 Å². The predicted octanol–water partition coefficient (Wildman–Crippen LogP) is 4.20. The number of aromatic nitrogens is 6. The highest BCUT2D eigenvalue weighted by atomic mass is 35.5. The Labute approximate surface area is 170 Å². The van der Waals surface area contributed by atoms with Gasteiger partial charge in [-0.05, 0) is 32.0 Å². The van der Waals surface area contributed by atoms with E-state index in [2.05, 4.69) is 20.2 Å². The Morgan fingerprint density at radius 2 is 1.83 bits per heavy atom. The monoisotopic (exact) mass is 414 g/mol. The third-order valence-corrected chi connectivity index (χ3v) is 4.92. The number of hydrogen-bond donors (Lipinski definition) is 0. The van der Waals surface area contributed by atoms with Crippen molar-refractivity contribution in [2.75, 3.05) is 0 Å². The van der Waals surface area contributed by atoms with Gasteiger partial charge in [0.15, 0.2) is 5.82 Å². The van der Waals surface area contributed by atoms with Gasteiger partial charge in [0.1, 0.15) is 18.0 Å². The molecule has 0 radical (unpaired) electrons. The van der Waals surface area contributed by atoms with E-state index in [4.69, 9.17) is 11.6 Å². The van der Waals surface area contributed by atoms with Crippen molar-refractivity contribution in [3.8, 4) is 17.1 Å². The molecular weight excluding hydrogens is 398 g/mol. The molecule has 0 aliphatic carbocycles. The van der Waals surface area contributed by atoms with E-state index in [-0.39, 0.29) is 5.56 Å². The van der Waals surface area contributed by atoms with Gasteiger partial charge in [-0.3, -0.25) is 4.68 Å². The van der Waals surface area contributed by atoms with Crippen molar-refractivity contribution >= 4 is 11.6 Å². The van der Waals surface area contributed by atoms with Crippen LogP contribution in [0.2, 0.25) is 5.02 Å². The molecule has 4 rings (SSSR count). The molecule has 0 aliphatic heterocycles. The van der Waals surface area contributed by atoms with E-state index >= 15 is 0 Å². The van der Waals surface area contributed by atoms with E-state index in [9.17, 15) is 8.78 Å². The molecule has 0 atom stereocenters. The average molecular weight is 415 g/mol. The molecule has 0 aliphatic rings. The van der Waals surface area contributed by atoms with E-state index in [1.165, 1.54) is 23.1 Å². The number of rotatable bonds is 4. The summed E-state index contributed by atoms with van der Waals surface area (Å²) in [6.07, 6.45) is 1.78. The van der Waals surface area contributed by atoms with Crippen LogP contribution in [-0.2, 0) is 13.5 Å². The molecule has 148 valence electrons. The summed E-state index contributed by atoms with van der Waals surface area (Å²) in [5, 5.41) is 9.14. The fourth-order valence-corrected chi connectivity index (χ4v) is 3.60. The highest BCUT2D eigenvalue weighted by Gasteiger charge is 2.20. The minimum atomic E-state index is -0.699. The SMILES string of the molecule is Cc1cc(C)n(-c2cc(Cc3nn(C)c(-c4ccc(F)cc4F)c3Cl)ncn2)n1. The summed E-state index contributed by atoms with van der Waals surface area (Å²) in [5.74, 6) is -0.713. The van der Waals surface area contributed by atoms with Crippen molar-refractivity contribution in [3.63, 3.8) is 0 Å². The molecule has 4 aromatic rings. The standard InChI is InChI=1S/C20H17ClF2N6/c1-11-6-12(2)29(26-11)18-9-14(24-10-25-18)8-17-19(21)20(28(3)27-17)15-5-4-13(22)7-16(15)23/h4-7,9-10H,8H2,1-3H3. The van der Waals surface area contributed by atoms with Crippen LogP contribution in [0.15, 0.2) is 36.7 Å². The van der Waals surface area contributed by atoms with E-state index in [0.29, 0.717) is 34.3 Å². The van der Waals surface area contributed by atoms with Gasteiger partial charge < -0.3 is 0 Å². The van der Waals surface area contributed by atoms with E-state index in [1.54, 1.807) is 11.7 Å². The van der Waals surface area contributed by atoms with Gasteiger partial charge in [-0.2, -0.15) is 10.2 Å². The molecule has 0 saturated heterocycles. The Morgan fingerprint density at radius 3 is 2.52 bits per heavy atom. The molecule has 3 aromatic heterocycles. The molecule has 0 saturated carbocycles. The topological polar surface area (TPSA) is 61.4 Å². The summed E-state index contributed by atoms with van der Waals surface area (Å²) in [5.41, 5.74) is 3.63. The van der Waals surface area contributed by atoms with Crippen LogP contribution >= 0.6 is 11.6 Å². The molecule has 0 amide bonds. The third-order valence-electron chi connectivity index (χ3n) is 4.53. The number of hydrogen-bond acceptors (Lipinski definition) is 4. The zero-order valence-electron chi connectivity index (χ0n) is 16.0. The number of nitrogens with zero attached hydrogens (tertiary/aromatic N) is 6. The van der Waals surface area contributed by atoms with Gasteiger partial charge in [0.25, 0.3) is 0 Å². The molecule has 0 spiro atoms. The second-order valence-corrected chi connectivity index (χ2v) is 7.12. The van der Waals surface area contributed by atoms with Crippen molar-refractivity contribution in [1.29, 1.82) is 0 Å². The van der Waals surface area contributed by atoms with Crippen LogP contribution in [0.5, 0.6) is 0 Å². The minimum Gasteiger partial charge on any atom is -0.266 e. The number of aryl methyl sites for hydroxylation is 3. The van der Waals surface area contributed by atoms with Crippen LogP contribution in [0.4, 0.5) is 8.78 Å². The molecule has 0 bridgehead atoms. The Hall–Kier alpha value is -3.13. The molecule has 3 heterocycles. The van der Waals surface area contributed by atoms with Crippen molar-refractivity contribution in [2.45, 2.75) is 20.3 Å². The van der Waals surface area contributed by atoms with Crippen LogP contribution in [0.1, 0.15) is 22.8 Å². The second-order valence-electron chi connectivity index (χ2n) is 6.74. The first-order valence-electron chi connectivity index (χ1n) is 8.85. The molecule has 0 N–H and O–H groups in total. The summed E-state index contributed by atoms with van der Waals surface area (Å²) < 4.78 is 30.7. The van der Waals surface area contributed by atoms with Crippen molar-refractivity contribution in [2.24, 2.45) is 7.05 Å². The zero-order chi connectivity index (χ0) is 20.7. The zero-order valence-corrected chi connectivity index (χ0v) is 16.7. The molecule has 9 heteroatoms. The minimum absolute atomic E-state index is 0.184. The Kier molecular flexibility index (Phi) is 4.87. The summed E-state index contributed by atoms with van der Waals surface area (Å²) in [4.78, 5) is 8.58. The quantitative estimate of drug-likeness (QED) is 0.502. The lowest BCUT2D eigenvalue weighted by atomic mass is 10.1. The smallest absolute Gasteiger partial charge is 0.157 e. The normalized spacial score (nSPS) is 11.2. The van der Waals surface area contributed by atoms with Crippen LogP contribution < -0.4 is 0 Å². The summed E-state index contributed by atoms with van der Waals surface area (Å²) in [6, 6.07) is 7.13. The van der Waals surface area contributed by atoms with Gasteiger partial charge in [0.2, 0.25) is 0 Å². The molecule has 6 nitrogen and oxygen atoms in total. The highest BCUT2D eigenvalue weighted by molar-refractivity contribution is 6.33. The van der Waals surface area contributed by atoms with E-state index in [1.807, 2.05) is 26.0 Å². The highest BCUT2D eigenvalue weighted by Crippen LogP contribution is 2.33. The van der Waals surface area contributed by atoms with E-state index < -0.39 is 11.6 Å². The van der Waals surface area contributed by atoms with Gasteiger partial charge in [-0.15, -0.1) is 0 Å². The summed E-state index contributed by atoms with van der Waals surface area (Å²) in [7, 11) is 1.66. The first-order chi connectivity index (χ1) is 13.8. The lowest BCUT2D eigenvalue weighted by Gasteiger charge is -2.05. The van der Waals surface area contributed by atoms with Crippen LogP contribution in [0.3, 0.4) is 0 Å². The van der Waals surface area contributed by atoms with Gasteiger partial charge in [-0.1, -0.05) is 11.6 Å². The Morgan fingerprint density at radius 1 is 1.03 bits per heavy atom. The Balaban J connectivity index is 1.69. The van der Waals surface area contributed by atoms with E-state index in [0.717, 1.165) is 17.5 Å². The van der Waals surface area contributed by atoms with Crippen LogP contribution in [0.25, 0.3) is 17.1 Å². The molecular formula is C20H17ClF2N6. The maximum absolute atomic E-state index is 14.2. The number of benzene rings is 1. The van der Waals surface area contributed by atoms with Gasteiger partial charge in [0, 0.05) is 36.9 Å². The molecule has 0 unspecified atom stereocenters. The average Bonchev–Trinajstić information content (AvgIpc) is 3.14. The predicted molar refractivity (Wildman–Crippen MR) is 105 cm³/mol. The van der Waals surface area contributed by atoms with Crippen LogP contribution in [-0.4, -0.2) is 29.5 Å². The maximum atomic E-state index is 14.2. The number of halogens is 3. The largest absolute Gasteiger partial charge is 0.266 e. The first kappa shape index (κ1) is 19.2. The lowest BCUT2D eigenvalue weighted by Crippen LogP contribution is -2.05. The third kappa shape index (κ3) is 3.63. The first-order valence-corrected chi connectivity index (χ1v) is 9.22. The molecule has 0 fully saturated rings. The van der Waals surface area contributed by atoms with Crippen LogP contribution in [0, 0.1) is 25.5 Å². The lowest BCUT2D eigenvalue weighted by molar-refractivity contribution is 0.584. The summed E-state index contributed by atoms with van der Waals surface area (Å²) in [6.45, 7) is 3.86. The van der Waals surface area contributed by atoms with Crippen molar-refractivity contribution < 1.29 is 8.78 Å². The summed E-state index contributed by atoms with van der Waals surface area (Å²) >= 11 is 6.51. The maximum Gasteiger partial charge on any atom is 0.157 e.